The van der Waals surface area contributed by atoms with Crippen LogP contribution in [0.4, 0.5) is 0 Å². The van der Waals surface area contributed by atoms with Crippen LogP contribution >= 0.6 is 24.0 Å². The number of ether oxygens (including phenoxy) is 1. The van der Waals surface area contributed by atoms with Crippen LogP contribution in [0.15, 0.2) is 4.99 Å². The smallest absolute Gasteiger partial charge is 0.191 e. The van der Waals surface area contributed by atoms with Crippen LogP contribution < -0.4 is 10.6 Å². The molecule has 1 rings (SSSR count). The number of aliphatic imine (C=N–C) groups is 1. The maximum atomic E-state index is 5.91. The van der Waals surface area contributed by atoms with Crippen molar-refractivity contribution < 1.29 is 4.74 Å². The van der Waals surface area contributed by atoms with Gasteiger partial charge in [-0.15, -0.1) is 24.0 Å². The third-order valence-electron chi connectivity index (χ3n) is 3.36. The number of nitrogens with one attached hydrogen (secondary N) is 2. The van der Waals surface area contributed by atoms with E-state index in [2.05, 4.69) is 29.5 Å². The lowest BCUT2D eigenvalue weighted by Gasteiger charge is -2.22. The number of guanidine groups is 1. The van der Waals surface area contributed by atoms with Crippen molar-refractivity contribution in [3.8, 4) is 0 Å². The summed E-state index contributed by atoms with van der Waals surface area (Å²) in [6.45, 7) is 7.83. The summed E-state index contributed by atoms with van der Waals surface area (Å²) in [5.41, 5.74) is 0. The second-order valence-corrected chi connectivity index (χ2v) is 5.17. The largest absolute Gasteiger partial charge is 0.378 e. The van der Waals surface area contributed by atoms with Gasteiger partial charge in [0.2, 0.25) is 0 Å². The first-order valence-corrected chi connectivity index (χ1v) is 8.00. The molecule has 0 spiro atoms. The Kier molecular flexibility index (Phi) is 13.9. The molecule has 0 heterocycles. The molecule has 0 atom stereocenters. The molecule has 0 aromatic carbocycles. The molecular formula is C15H32IN3O. The molecule has 0 unspecified atom stereocenters. The molecule has 0 saturated heterocycles. The highest BCUT2D eigenvalue weighted by molar-refractivity contribution is 14.0. The summed E-state index contributed by atoms with van der Waals surface area (Å²) >= 11 is 0. The first-order chi connectivity index (χ1) is 9.36. The quantitative estimate of drug-likeness (QED) is 0.286. The van der Waals surface area contributed by atoms with E-state index in [4.69, 9.17) is 4.74 Å². The van der Waals surface area contributed by atoms with Crippen molar-refractivity contribution >= 4 is 29.9 Å². The molecule has 1 aliphatic rings. The minimum atomic E-state index is 0. The molecule has 1 aliphatic carbocycles. The van der Waals surface area contributed by atoms with E-state index < -0.39 is 0 Å². The van der Waals surface area contributed by atoms with Gasteiger partial charge in [0.25, 0.3) is 0 Å². The lowest BCUT2D eigenvalue weighted by molar-refractivity contribution is 0.0277. The fraction of sp³-hybridized carbons (Fsp3) is 0.933. The van der Waals surface area contributed by atoms with Gasteiger partial charge in [-0.2, -0.15) is 0 Å². The third kappa shape index (κ3) is 9.80. The minimum Gasteiger partial charge on any atom is -0.378 e. The normalized spacial score (nSPS) is 16.6. The average Bonchev–Trinajstić information content (AvgIpc) is 2.45. The predicted octanol–water partition coefficient (Wildman–Crippen LogP) is 3.31. The van der Waals surface area contributed by atoms with Gasteiger partial charge in [-0.05, 0) is 32.6 Å². The van der Waals surface area contributed by atoms with Gasteiger partial charge in [0.05, 0.1) is 6.10 Å². The number of nitrogens with zero attached hydrogens (tertiary/aromatic N) is 1. The summed E-state index contributed by atoms with van der Waals surface area (Å²) in [5.74, 6) is 0.932. The average molecular weight is 397 g/mol. The lowest BCUT2D eigenvalue weighted by atomic mass is 9.98. The summed E-state index contributed by atoms with van der Waals surface area (Å²) in [7, 11) is 0. The fourth-order valence-electron chi connectivity index (χ4n) is 2.33. The summed E-state index contributed by atoms with van der Waals surface area (Å²) in [6, 6.07) is 0. The van der Waals surface area contributed by atoms with Crippen molar-refractivity contribution in [1.82, 2.24) is 10.6 Å². The molecule has 0 aliphatic heterocycles. The molecule has 120 valence electrons. The SMILES string of the molecule is CCCN=C(NCC)NCCCOC1CCCCC1.I. The molecule has 1 saturated carbocycles. The predicted molar refractivity (Wildman–Crippen MR) is 97.1 cm³/mol. The highest BCUT2D eigenvalue weighted by Gasteiger charge is 2.12. The molecular weight excluding hydrogens is 365 g/mol. The Morgan fingerprint density at radius 1 is 1.15 bits per heavy atom. The van der Waals surface area contributed by atoms with Crippen molar-refractivity contribution in [3.63, 3.8) is 0 Å². The van der Waals surface area contributed by atoms with E-state index in [-0.39, 0.29) is 24.0 Å². The van der Waals surface area contributed by atoms with Gasteiger partial charge in [0.1, 0.15) is 0 Å². The van der Waals surface area contributed by atoms with E-state index in [9.17, 15) is 0 Å². The molecule has 4 nitrogen and oxygen atoms in total. The van der Waals surface area contributed by atoms with E-state index in [1.54, 1.807) is 0 Å². The van der Waals surface area contributed by atoms with Crippen LogP contribution in [-0.2, 0) is 4.74 Å². The monoisotopic (exact) mass is 397 g/mol. The number of halogens is 1. The van der Waals surface area contributed by atoms with Gasteiger partial charge in [0, 0.05) is 26.2 Å². The molecule has 0 amide bonds. The van der Waals surface area contributed by atoms with E-state index in [0.717, 1.165) is 45.0 Å². The topological polar surface area (TPSA) is 45.7 Å². The van der Waals surface area contributed by atoms with E-state index in [1.807, 2.05) is 0 Å². The lowest BCUT2D eigenvalue weighted by Crippen LogP contribution is -2.38. The van der Waals surface area contributed by atoms with Crippen LogP contribution in [0.5, 0.6) is 0 Å². The molecule has 1 fully saturated rings. The van der Waals surface area contributed by atoms with E-state index in [1.165, 1.54) is 32.1 Å². The highest BCUT2D eigenvalue weighted by Crippen LogP contribution is 2.20. The molecule has 0 aromatic heterocycles. The first-order valence-electron chi connectivity index (χ1n) is 8.00. The van der Waals surface area contributed by atoms with Gasteiger partial charge in [-0.1, -0.05) is 26.2 Å². The van der Waals surface area contributed by atoms with Gasteiger partial charge in [-0.25, -0.2) is 0 Å². The number of hydrogen-bond donors (Lipinski definition) is 2. The zero-order valence-electron chi connectivity index (χ0n) is 13.1. The summed E-state index contributed by atoms with van der Waals surface area (Å²) in [5, 5.41) is 6.61. The van der Waals surface area contributed by atoms with Crippen molar-refractivity contribution in [1.29, 1.82) is 0 Å². The Bertz CT molecular complexity index is 243. The molecule has 5 heteroatoms. The number of hydrogen-bond acceptors (Lipinski definition) is 2. The standard InChI is InChI=1S/C15H31N3O.HI/c1-3-11-17-15(16-4-2)18-12-8-13-19-14-9-6-5-7-10-14;/h14H,3-13H2,1-2H3,(H2,16,17,18);1H. The van der Waals surface area contributed by atoms with Gasteiger partial charge in [-0.3, -0.25) is 4.99 Å². The van der Waals surface area contributed by atoms with Crippen molar-refractivity contribution in [2.45, 2.75) is 64.9 Å². The zero-order valence-corrected chi connectivity index (χ0v) is 15.4. The summed E-state index contributed by atoms with van der Waals surface area (Å²) in [6.07, 6.45) is 9.25. The van der Waals surface area contributed by atoms with Gasteiger partial charge >= 0.3 is 0 Å². The Labute approximate surface area is 141 Å². The molecule has 20 heavy (non-hydrogen) atoms. The van der Waals surface area contributed by atoms with Crippen LogP contribution in [0.1, 0.15) is 58.8 Å². The van der Waals surface area contributed by atoms with Crippen LogP contribution in [0.25, 0.3) is 0 Å². The second kappa shape index (κ2) is 13.9. The highest BCUT2D eigenvalue weighted by atomic mass is 127. The van der Waals surface area contributed by atoms with Crippen LogP contribution in [0, 0.1) is 0 Å². The van der Waals surface area contributed by atoms with Crippen LogP contribution in [0.2, 0.25) is 0 Å². The Morgan fingerprint density at radius 2 is 1.90 bits per heavy atom. The minimum absolute atomic E-state index is 0. The van der Waals surface area contributed by atoms with Crippen molar-refractivity contribution in [3.05, 3.63) is 0 Å². The van der Waals surface area contributed by atoms with Crippen LogP contribution in [0.3, 0.4) is 0 Å². The first kappa shape index (κ1) is 20.0. The Balaban J connectivity index is 0.00000361. The maximum Gasteiger partial charge on any atom is 0.191 e. The van der Waals surface area contributed by atoms with Crippen molar-refractivity contribution in [2.24, 2.45) is 4.99 Å². The fourth-order valence-corrected chi connectivity index (χ4v) is 2.33. The Morgan fingerprint density at radius 3 is 2.55 bits per heavy atom. The molecule has 0 bridgehead atoms. The van der Waals surface area contributed by atoms with Crippen molar-refractivity contribution in [2.75, 3.05) is 26.2 Å². The number of rotatable bonds is 8. The zero-order chi connectivity index (χ0) is 13.8. The Hall–Kier alpha value is -0.0400. The van der Waals surface area contributed by atoms with E-state index >= 15 is 0 Å². The summed E-state index contributed by atoms with van der Waals surface area (Å²) < 4.78 is 5.91. The molecule has 0 aromatic rings. The third-order valence-corrected chi connectivity index (χ3v) is 3.36. The van der Waals surface area contributed by atoms with Gasteiger partial charge in [0.15, 0.2) is 5.96 Å². The van der Waals surface area contributed by atoms with Gasteiger partial charge < -0.3 is 15.4 Å². The van der Waals surface area contributed by atoms with Crippen LogP contribution in [-0.4, -0.2) is 38.3 Å². The molecule has 0 radical (unpaired) electrons. The maximum absolute atomic E-state index is 5.91. The summed E-state index contributed by atoms with van der Waals surface area (Å²) in [4.78, 5) is 4.47. The molecule has 2 N–H and O–H groups in total. The second-order valence-electron chi connectivity index (χ2n) is 5.17. The van der Waals surface area contributed by atoms with E-state index in [0.29, 0.717) is 6.10 Å².